The van der Waals surface area contributed by atoms with Gasteiger partial charge in [-0.25, -0.2) is 4.79 Å². The highest BCUT2D eigenvalue weighted by Gasteiger charge is 2.19. The van der Waals surface area contributed by atoms with E-state index in [1.54, 1.807) is 36.4 Å². The van der Waals surface area contributed by atoms with E-state index in [0.717, 1.165) is 25.7 Å². The average Bonchev–Trinajstić information content (AvgIpc) is 2.83. The largest absolute Gasteiger partial charge is 0.502 e. The average molecular weight is 444 g/mol. The molecule has 0 heterocycles. The van der Waals surface area contributed by atoms with Gasteiger partial charge in [0.25, 0.3) is 5.91 Å². The Labute approximate surface area is 189 Å². The zero-order chi connectivity index (χ0) is 23.5. The van der Waals surface area contributed by atoms with Crippen molar-refractivity contribution >= 4 is 11.9 Å². The highest BCUT2D eigenvalue weighted by atomic mass is 16.5. The number of nitrogens with one attached hydrogen (secondary N) is 1. The van der Waals surface area contributed by atoms with Gasteiger partial charge in [-0.15, -0.1) is 0 Å². The van der Waals surface area contributed by atoms with Crippen molar-refractivity contribution in [2.75, 3.05) is 20.8 Å². The second-order valence-electron chi connectivity index (χ2n) is 7.59. The minimum Gasteiger partial charge on any atom is -0.502 e. The van der Waals surface area contributed by atoms with E-state index in [-0.39, 0.29) is 34.9 Å². The summed E-state index contributed by atoms with van der Waals surface area (Å²) in [6.45, 7) is 4.73. The first-order valence-electron chi connectivity index (χ1n) is 10.9. The molecular weight excluding hydrogens is 410 g/mol. The third-order valence-electron chi connectivity index (χ3n) is 5.38. The van der Waals surface area contributed by atoms with E-state index in [0.29, 0.717) is 18.1 Å². The molecule has 0 aliphatic carbocycles. The number of hydrogen-bond acceptors (Lipinski definition) is 6. The molecule has 2 rings (SSSR count). The number of phenols is 1. The Hall–Kier alpha value is -3.22. The van der Waals surface area contributed by atoms with Crippen molar-refractivity contribution in [3.63, 3.8) is 0 Å². The van der Waals surface area contributed by atoms with Gasteiger partial charge in [0.15, 0.2) is 11.5 Å². The SMILES string of the molecule is CCCCC(CC)COC(=O)c1ccccc1C(=O)NCc1cc(OC)c(O)c(OC)c1. The van der Waals surface area contributed by atoms with Gasteiger partial charge in [0.05, 0.1) is 32.0 Å². The van der Waals surface area contributed by atoms with Gasteiger partial charge in [-0.3, -0.25) is 4.79 Å². The third kappa shape index (κ3) is 6.64. The molecule has 32 heavy (non-hydrogen) atoms. The lowest BCUT2D eigenvalue weighted by Crippen LogP contribution is -2.25. The molecule has 0 aliphatic heterocycles. The maximum atomic E-state index is 12.8. The number of phenolic OH excluding ortho intramolecular Hbond substituents is 1. The molecule has 2 aromatic carbocycles. The van der Waals surface area contributed by atoms with Crippen LogP contribution in [-0.4, -0.2) is 37.8 Å². The first-order valence-corrected chi connectivity index (χ1v) is 10.9. The van der Waals surface area contributed by atoms with E-state index >= 15 is 0 Å². The number of esters is 1. The lowest BCUT2D eigenvalue weighted by atomic mass is 10.0. The second-order valence-corrected chi connectivity index (χ2v) is 7.59. The number of hydrogen-bond donors (Lipinski definition) is 2. The van der Waals surface area contributed by atoms with Crippen molar-refractivity contribution in [2.24, 2.45) is 5.92 Å². The lowest BCUT2D eigenvalue weighted by Gasteiger charge is -2.16. The summed E-state index contributed by atoms with van der Waals surface area (Å²) in [6.07, 6.45) is 4.16. The molecule has 1 amide bonds. The van der Waals surface area contributed by atoms with Gasteiger partial charge in [0.2, 0.25) is 5.75 Å². The van der Waals surface area contributed by atoms with Crippen molar-refractivity contribution < 1.29 is 28.9 Å². The molecule has 0 aliphatic rings. The van der Waals surface area contributed by atoms with Crippen LogP contribution < -0.4 is 14.8 Å². The summed E-state index contributed by atoms with van der Waals surface area (Å²) in [5.41, 5.74) is 1.15. The molecule has 2 N–H and O–H groups in total. The van der Waals surface area contributed by atoms with E-state index in [4.69, 9.17) is 14.2 Å². The summed E-state index contributed by atoms with van der Waals surface area (Å²) in [4.78, 5) is 25.5. The van der Waals surface area contributed by atoms with Gasteiger partial charge in [0, 0.05) is 6.54 Å². The molecule has 0 bridgehead atoms. The number of aromatic hydroxyl groups is 1. The zero-order valence-corrected chi connectivity index (χ0v) is 19.3. The molecule has 7 heteroatoms. The number of methoxy groups -OCH3 is 2. The normalized spacial score (nSPS) is 11.5. The predicted octanol–water partition coefficient (Wildman–Crippen LogP) is 4.71. The Kier molecular flexibility index (Phi) is 9.85. The van der Waals surface area contributed by atoms with E-state index in [2.05, 4.69) is 19.2 Å². The van der Waals surface area contributed by atoms with Crippen LogP contribution in [0.15, 0.2) is 36.4 Å². The molecule has 1 atom stereocenters. The van der Waals surface area contributed by atoms with Crippen molar-refractivity contribution in [3.8, 4) is 17.2 Å². The van der Waals surface area contributed by atoms with Gasteiger partial charge >= 0.3 is 5.97 Å². The van der Waals surface area contributed by atoms with Crippen molar-refractivity contribution in [1.29, 1.82) is 0 Å². The Morgan fingerprint density at radius 1 is 1.03 bits per heavy atom. The van der Waals surface area contributed by atoms with E-state index < -0.39 is 11.9 Å². The Balaban J connectivity index is 2.08. The summed E-state index contributed by atoms with van der Waals surface area (Å²) in [6, 6.07) is 9.82. The summed E-state index contributed by atoms with van der Waals surface area (Å²) in [5.74, 6) is -0.209. The molecule has 7 nitrogen and oxygen atoms in total. The van der Waals surface area contributed by atoms with Crippen LogP contribution in [0.1, 0.15) is 65.8 Å². The molecule has 0 saturated heterocycles. The van der Waals surface area contributed by atoms with Crippen LogP contribution in [0.4, 0.5) is 0 Å². The van der Waals surface area contributed by atoms with Crippen molar-refractivity contribution in [1.82, 2.24) is 5.32 Å². The number of carbonyl (C=O) groups is 2. The Morgan fingerprint density at radius 2 is 1.66 bits per heavy atom. The van der Waals surface area contributed by atoms with E-state index in [9.17, 15) is 14.7 Å². The highest BCUT2D eigenvalue weighted by Crippen LogP contribution is 2.37. The molecule has 1 unspecified atom stereocenters. The predicted molar refractivity (Wildman–Crippen MR) is 122 cm³/mol. The van der Waals surface area contributed by atoms with Gasteiger partial charge in [0.1, 0.15) is 0 Å². The maximum absolute atomic E-state index is 12.8. The molecule has 0 spiro atoms. The maximum Gasteiger partial charge on any atom is 0.338 e. The van der Waals surface area contributed by atoms with Crippen LogP contribution in [0.3, 0.4) is 0 Å². The van der Waals surface area contributed by atoms with Crippen molar-refractivity contribution in [2.45, 2.75) is 46.1 Å². The second kappa shape index (κ2) is 12.6. The number of benzene rings is 2. The van der Waals surface area contributed by atoms with Gasteiger partial charge in [-0.1, -0.05) is 45.2 Å². The number of carbonyl (C=O) groups excluding carboxylic acids is 2. The molecule has 0 saturated carbocycles. The van der Waals surface area contributed by atoms with Crippen LogP contribution in [0.25, 0.3) is 0 Å². The smallest absolute Gasteiger partial charge is 0.338 e. The van der Waals surface area contributed by atoms with Crippen LogP contribution in [0.5, 0.6) is 17.2 Å². The van der Waals surface area contributed by atoms with Crippen LogP contribution in [0.2, 0.25) is 0 Å². The van der Waals surface area contributed by atoms with Gasteiger partial charge in [-0.05, 0) is 42.2 Å². The third-order valence-corrected chi connectivity index (χ3v) is 5.38. The van der Waals surface area contributed by atoms with E-state index in [1.807, 2.05) is 0 Å². The first kappa shape index (κ1) is 25.0. The monoisotopic (exact) mass is 443 g/mol. The summed E-state index contributed by atoms with van der Waals surface area (Å²) >= 11 is 0. The Morgan fingerprint density at radius 3 is 2.22 bits per heavy atom. The van der Waals surface area contributed by atoms with E-state index in [1.165, 1.54) is 14.2 Å². The quantitative estimate of drug-likeness (QED) is 0.461. The molecule has 174 valence electrons. The summed E-state index contributed by atoms with van der Waals surface area (Å²) in [7, 11) is 2.87. The standard InChI is InChI=1S/C25H33NO6/c1-5-7-10-17(6-2)16-32-25(29)20-12-9-8-11-19(20)24(28)26-15-18-13-21(30-3)23(27)22(14-18)31-4/h8-9,11-14,17,27H,5-7,10,15-16H2,1-4H3,(H,26,28). The summed E-state index contributed by atoms with van der Waals surface area (Å²) < 4.78 is 15.8. The van der Waals surface area contributed by atoms with Gasteiger partial charge < -0.3 is 24.6 Å². The van der Waals surface area contributed by atoms with Gasteiger partial charge in [-0.2, -0.15) is 0 Å². The highest BCUT2D eigenvalue weighted by molar-refractivity contribution is 6.05. The van der Waals surface area contributed by atoms with Crippen molar-refractivity contribution in [3.05, 3.63) is 53.1 Å². The molecular formula is C25H33NO6. The van der Waals surface area contributed by atoms with Crippen LogP contribution in [-0.2, 0) is 11.3 Å². The fourth-order valence-electron chi connectivity index (χ4n) is 3.36. The molecule has 2 aromatic rings. The zero-order valence-electron chi connectivity index (χ0n) is 19.3. The minimum absolute atomic E-state index is 0.109. The lowest BCUT2D eigenvalue weighted by molar-refractivity contribution is 0.0425. The molecule has 0 aromatic heterocycles. The topological polar surface area (TPSA) is 94.1 Å². The number of amides is 1. The minimum atomic E-state index is -0.501. The number of ether oxygens (including phenoxy) is 3. The van der Waals surface area contributed by atoms with Crippen LogP contribution >= 0.6 is 0 Å². The summed E-state index contributed by atoms with van der Waals surface area (Å²) in [5, 5.41) is 12.8. The van der Waals surface area contributed by atoms with Crippen LogP contribution in [0, 0.1) is 5.92 Å². The fourth-order valence-corrected chi connectivity index (χ4v) is 3.36. The molecule has 0 fully saturated rings. The Bertz CT molecular complexity index is 886. The molecule has 0 radical (unpaired) electrons. The first-order chi connectivity index (χ1) is 15.4. The fraction of sp³-hybridized carbons (Fsp3) is 0.440. The number of unbranched alkanes of at least 4 members (excludes halogenated alkanes) is 1. The number of rotatable bonds is 12.